The lowest BCUT2D eigenvalue weighted by atomic mass is 10.2. The first kappa shape index (κ1) is 11.6. The Bertz CT molecular complexity index is 332. The molecule has 2 nitrogen and oxygen atoms in total. The summed E-state index contributed by atoms with van der Waals surface area (Å²) in [5, 5.41) is 2.44. The molecule has 4 heteroatoms. The number of anilines is 1. The second kappa shape index (κ2) is 5.44. The standard InChI is InChI=1S/C11H13F2NO/c1-2-3-4-11(15)14-10-6-8(12)5-9(13)7-10/h5-7H,2-4H2,1H3,(H,14,15). The maximum Gasteiger partial charge on any atom is 0.224 e. The van der Waals surface area contributed by atoms with Crippen molar-refractivity contribution in [2.24, 2.45) is 0 Å². The summed E-state index contributed by atoms with van der Waals surface area (Å²) in [6, 6.07) is 2.95. The molecule has 15 heavy (non-hydrogen) atoms. The predicted octanol–water partition coefficient (Wildman–Crippen LogP) is 3.09. The molecule has 0 fully saturated rings. The third kappa shape index (κ3) is 4.06. The lowest BCUT2D eigenvalue weighted by molar-refractivity contribution is -0.116. The Kier molecular flexibility index (Phi) is 4.21. The van der Waals surface area contributed by atoms with Crippen LogP contribution in [0, 0.1) is 11.6 Å². The van der Waals surface area contributed by atoms with Crippen LogP contribution in [0.15, 0.2) is 18.2 Å². The predicted molar refractivity (Wildman–Crippen MR) is 54.5 cm³/mol. The van der Waals surface area contributed by atoms with Gasteiger partial charge in [-0.1, -0.05) is 13.3 Å². The molecule has 0 bridgehead atoms. The van der Waals surface area contributed by atoms with Crippen LogP contribution in [0.2, 0.25) is 0 Å². The van der Waals surface area contributed by atoms with Crippen molar-refractivity contribution < 1.29 is 13.6 Å². The molecule has 1 rings (SSSR count). The van der Waals surface area contributed by atoms with Crippen molar-refractivity contribution in [3.63, 3.8) is 0 Å². The largest absolute Gasteiger partial charge is 0.326 e. The molecule has 0 atom stereocenters. The summed E-state index contributed by atoms with van der Waals surface area (Å²) in [7, 11) is 0. The first-order valence-electron chi connectivity index (χ1n) is 4.87. The van der Waals surface area contributed by atoms with E-state index in [4.69, 9.17) is 0 Å². The Morgan fingerprint density at radius 2 is 1.87 bits per heavy atom. The lowest BCUT2D eigenvalue weighted by Gasteiger charge is -2.04. The number of amides is 1. The fourth-order valence-electron chi connectivity index (χ4n) is 1.19. The van der Waals surface area contributed by atoms with E-state index in [0.29, 0.717) is 6.42 Å². The number of unbranched alkanes of at least 4 members (excludes halogenated alkanes) is 1. The van der Waals surface area contributed by atoms with E-state index in [9.17, 15) is 13.6 Å². The summed E-state index contributed by atoms with van der Waals surface area (Å²) in [5.74, 6) is -1.61. The van der Waals surface area contributed by atoms with Crippen LogP contribution >= 0.6 is 0 Å². The van der Waals surface area contributed by atoms with Crippen LogP contribution in [0.3, 0.4) is 0 Å². The van der Waals surface area contributed by atoms with Crippen molar-refractivity contribution in [2.75, 3.05) is 5.32 Å². The average molecular weight is 213 g/mol. The molecule has 0 heterocycles. The smallest absolute Gasteiger partial charge is 0.224 e. The van der Waals surface area contributed by atoms with E-state index >= 15 is 0 Å². The van der Waals surface area contributed by atoms with Gasteiger partial charge in [-0.05, 0) is 18.6 Å². The minimum absolute atomic E-state index is 0.161. The van der Waals surface area contributed by atoms with E-state index in [-0.39, 0.29) is 11.6 Å². The molecule has 0 aromatic heterocycles. The highest BCUT2D eigenvalue weighted by Crippen LogP contribution is 2.13. The van der Waals surface area contributed by atoms with Gasteiger partial charge < -0.3 is 5.32 Å². The molecular formula is C11H13F2NO. The summed E-state index contributed by atoms with van der Waals surface area (Å²) in [6.07, 6.45) is 2.04. The lowest BCUT2D eigenvalue weighted by Crippen LogP contribution is -2.11. The van der Waals surface area contributed by atoms with Crippen molar-refractivity contribution >= 4 is 11.6 Å². The van der Waals surface area contributed by atoms with Gasteiger partial charge in [0.2, 0.25) is 5.91 Å². The van der Waals surface area contributed by atoms with Crippen molar-refractivity contribution in [1.29, 1.82) is 0 Å². The molecule has 0 unspecified atom stereocenters. The molecular weight excluding hydrogens is 200 g/mol. The summed E-state index contributed by atoms with van der Waals surface area (Å²) in [4.78, 5) is 11.2. The SMILES string of the molecule is CCCCC(=O)Nc1cc(F)cc(F)c1. The van der Waals surface area contributed by atoms with Crippen LogP contribution in [-0.4, -0.2) is 5.91 Å². The van der Waals surface area contributed by atoms with Gasteiger partial charge in [-0.2, -0.15) is 0 Å². The van der Waals surface area contributed by atoms with E-state index in [1.807, 2.05) is 6.92 Å². The molecule has 1 aromatic rings. The summed E-state index contributed by atoms with van der Waals surface area (Å²) in [5.41, 5.74) is 0.161. The van der Waals surface area contributed by atoms with Crippen LogP contribution in [0.5, 0.6) is 0 Å². The fraction of sp³-hybridized carbons (Fsp3) is 0.364. The van der Waals surface area contributed by atoms with E-state index < -0.39 is 11.6 Å². The quantitative estimate of drug-likeness (QED) is 0.818. The molecule has 0 saturated heterocycles. The molecule has 1 amide bonds. The molecule has 82 valence electrons. The van der Waals surface area contributed by atoms with Crippen LogP contribution in [0.25, 0.3) is 0 Å². The monoisotopic (exact) mass is 213 g/mol. The number of carbonyl (C=O) groups excluding carboxylic acids is 1. The van der Waals surface area contributed by atoms with Gasteiger partial charge in [-0.25, -0.2) is 8.78 Å². The number of hydrogen-bond acceptors (Lipinski definition) is 1. The van der Waals surface area contributed by atoms with Crippen molar-refractivity contribution in [1.82, 2.24) is 0 Å². The average Bonchev–Trinajstić information content (AvgIpc) is 2.13. The van der Waals surface area contributed by atoms with Gasteiger partial charge in [-0.15, -0.1) is 0 Å². The fourth-order valence-corrected chi connectivity index (χ4v) is 1.19. The highest BCUT2D eigenvalue weighted by Gasteiger charge is 2.04. The highest BCUT2D eigenvalue weighted by atomic mass is 19.1. The van der Waals surface area contributed by atoms with Gasteiger partial charge in [0.25, 0.3) is 0 Å². The summed E-state index contributed by atoms with van der Waals surface area (Å²) < 4.78 is 25.5. The molecule has 1 N–H and O–H groups in total. The number of nitrogens with one attached hydrogen (secondary N) is 1. The van der Waals surface area contributed by atoms with Crippen LogP contribution in [0.4, 0.5) is 14.5 Å². The topological polar surface area (TPSA) is 29.1 Å². The Morgan fingerprint density at radius 3 is 2.40 bits per heavy atom. The van der Waals surface area contributed by atoms with Crippen LogP contribution in [0.1, 0.15) is 26.2 Å². The minimum Gasteiger partial charge on any atom is -0.326 e. The Morgan fingerprint density at radius 1 is 1.27 bits per heavy atom. The Balaban J connectivity index is 2.60. The van der Waals surface area contributed by atoms with Crippen LogP contribution < -0.4 is 5.32 Å². The maximum absolute atomic E-state index is 12.7. The molecule has 0 radical (unpaired) electrons. The number of halogens is 2. The van der Waals surface area contributed by atoms with Gasteiger partial charge in [0.15, 0.2) is 0 Å². The number of benzene rings is 1. The first-order chi connectivity index (χ1) is 7.11. The van der Waals surface area contributed by atoms with Crippen molar-refractivity contribution in [3.05, 3.63) is 29.8 Å². The van der Waals surface area contributed by atoms with E-state index in [0.717, 1.165) is 31.0 Å². The van der Waals surface area contributed by atoms with Gasteiger partial charge in [0.1, 0.15) is 11.6 Å². The zero-order valence-electron chi connectivity index (χ0n) is 8.52. The Labute approximate surface area is 87.3 Å². The maximum atomic E-state index is 12.7. The third-order valence-electron chi connectivity index (χ3n) is 1.90. The van der Waals surface area contributed by atoms with E-state index in [1.165, 1.54) is 0 Å². The normalized spacial score (nSPS) is 10.1. The van der Waals surface area contributed by atoms with Gasteiger partial charge >= 0.3 is 0 Å². The second-order valence-corrected chi connectivity index (χ2v) is 3.31. The Hall–Kier alpha value is -1.45. The van der Waals surface area contributed by atoms with Gasteiger partial charge in [0, 0.05) is 18.2 Å². The minimum atomic E-state index is -0.694. The van der Waals surface area contributed by atoms with Gasteiger partial charge in [0.05, 0.1) is 0 Å². The third-order valence-corrected chi connectivity index (χ3v) is 1.90. The molecule has 0 saturated carbocycles. The zero-order valence-corrected chi connectivity index (χ0v) is 8.52. The number of hydrogen-bond donors (Lipinski definition) is 1. The number of carbonyl (C=O) groups is 1. The first-order valence-corrected chi connectivity index (χ1v) is 4.87. The molecule has 0 aliphatic carbocycles. The summed E-state index contributed by atoms with van der Waals surface area (Å²) >= 11 is 0. The molecule has 0 aliphatic heterocycles. The molecule has 0 spiro atoms. The second-order valence-electron chi connectivity index (χ2n) is 3.31. The zero-order chi connectivity index (χ0) is 11.3. The molecule has 0 aliphatic rings. The van der Waals surface area contributed by atoms with E-state index in [1.54, 1.807) is 0 Å². The highest BCUT2D eigenvalue weighted by molar-refractivity contribution is 5.90. The summed E-state index contributed by atoms with van der Waals surface area (Å²) in [6.45, 7) is 1.97. The number of rotatable bonds is 4. The van der Waals surface area contributed by atoms with E-state index in [2.05, 4.69) is 5.32 Å². The molecule has 1 aromatic carbocycles. The van der Waals surface area contributed by atoms with Crippen molar-refractivity contribution in [2.45, 2.75) is 26.2 Å². The van der Waals surface area contributed by atoms with Crippen molar-refractivity contribution in [3.8, 4) is 0 Å². The van der Waals surface area contributed by atoms with Gasteiger partial charge in [-0.3, -0.25) is 4.79 Å². The van der Waals surface area contributed by atoms with Crippen LogP contribution in [-0.2, 0) is 4.79 Å².